The molecule has 0 aliphatic heterocycles. The van der Waals surface area contributed by atoms with Gasteiger partial charge in [-0.25, -0.2) is 0 Å². The third-order valence-corrected chi connectivity index (χ3v) is 2.71. The van der Waals surface area contributed by atoms with Crippen molar-refractivity contribution < 1.29 is 4.42 Å². The third-order valence-electron chi connectivity index (χ3n) is 2.71. The molecule has 0 amide bonds. The Kier molecular flexibility index (Phi) is 3.94. The van der Waals surface area contributed by atoms with E-state index in [1.54, 1.807) is 12.5 Å². The van der Waals surface area contributed by atoms with Crippen molar-refractivity contribution in [1.29, 1.82) is 0 Å². The van der Waals surface area contributed by atoms with E-state index in [9.17, 15) is 0 Å². The van der Waals surface area contributed by atoms with Crippen LogP contribution in [0, 0.1) is 6.92 Å². The van der Waals surface area contributed by atoms with Gasteiger partial charge in [-0.1, -0.05) is 6.92 Å². The molecular weight excluding hydrogens is 212 g/mol. The van der Waals surface area contributed by atoms with E-state index in [1.165, 1.54) is 5.56 Å². The minimum atomic E-state index is 0.119. The van der Waals surface area contributed by atoms with E-state index in [-0.39, 0.29) is 6.04 Å². The Bertz CT molecular complexity index is 451. The highest BCUT2D eigenvalue weighted by Crippen LogP contribution is 2.21. The number of aromatic nitrogens is 1. The van der Waals surface area contributed by atoms with Crippen LogP contribution in [0.15, 0.2) is 41.3 Å². The van der Waals surface area contributed by atoms with E-state index in [0.29, 0.717) is 0 Å². The first-order valence-corrected chi connectivity index (χ1v) is 5.99. The van der Waals surface area contributed by atoms with E-state index in [0.717, 1.165) is 24.2 Å². The van der Waals surface area contributed by atoms with Crippen molar-refractivity contribution in [3.8, 4) is 0 Å². The molecule has 3 heteroatoms. The summed E-state index contributed by atoms with van der Waals surface area (Å²) >= 11 is 0. The van der Waals surface area contributed by atoms with Gasteiger partial charge in [0.2, 0.25) is 0 Å². The van der Waals surface area contributed by atoms with Gasteiger partial charge in [-0.3, -0.25) is 4.98 Å². The summed E-state index contributed by atoms with van der Waals surface area (Å²) in [5, 5.41) is 3.49. The lowest BCUT2D eigenvalue weighted by atomic mass is 10.1. The first-order valence-electron chi connectivity index (χ1n) is 5.99. The van der Waals surface area contributed by atoms with Gasteiger partial charge in [0.05, 0.1) is 24.3 Å². The van der Waals surface area contributed by atoms with E-state index in [2.05, 4.69) is 30.2 Å². The number of aryl methyl sites for hydroxylation is 1. The van der Waals surface area contributed by atoms with Crippen LogP contribution < -0.4 is 5.32 Å². The number of furan rings is 1. The molecule has 0 aliphatic rings. The molecule has 1 N–H and O–H groups in total. The van der Waals surface area contributed by atoms with Crippen LogP contribution in [0.1, 0.15) is 36.2 Å². The molecule has 1 atom stereocenters. The second-order valence-electron chi connectivity index (χ2n) is 4.20. The van der Waals surface area contributed by atoms with Gasteiger partial charge in [0.25, 0.3) is 0 Å². The van der Waals surface area contributed by atoms with Crippen molar-refractivity contribution in [3.63, 3.8) is 0 Å². The van der Waals surface area contributed by atoms with Gasteiger partial charge in [0.1, 0.15) is 0 Å². The van der Waals surface area contributed by atoms with Crippen LogP contribution in [0.4, 0.5) is 0 Å². The van der Waals surface area contributed by atoms with Crippen molar-refractivity contribution >= 4 is 0 Å². The van der Waals surface area contributed by atoms with Gasteiger partial charge in [-0.2, -0.15) is 0 Å². The summed E-state index contributed by atoms with van der Waals surface area (Å²) in [6.07, 6.45) is 6.43. The largest absolute Gasteiger partial charge is 0.472 e. The molecule has 2 rings (SSSR count). The lowest BCUT2D eigenvalue weighted by molar-refractivity contribution is 0.544. The Hall–Kier alpha value is -1.61. The number of rotatable bonds is 5. The minimum Gasteiger partial charge on any atom is -0.472 e. The van der Waals surface area contributed by atoms with Crippen LogP contribution in [0.25, 0.3) is 0 Å². The maximum Gasteiger partial charge on any atom is 0.0954 e. The average Bonchev–Trinajstić information content (AvgIpc) is 2.83. The zero-order valence-corrected chi connectivity index (χ0v) is 10.3. The molecule has 0 aromatic carbocycles. The molecule has 0 radical (unpaired) electrons. The summed E-state index contributed by atoms with van der Waals surface area (Å²) < 4.78 is 5.16. The van der Waals surface area contributed by atoms with Crippen molar-refractivity contribution in [2.45, 2.75) is 26.3 Å². The predicted molar refractivity (Wildman–Crippen MR) is 67.8 cm³/mol. The molecule has 3 nitrogen and oxygen atoms in total. The Labute approximate surface area is 102 Å². The van der Waals surface area contributed by atoms with Gasteiger partial charge in [0.15, 0.2) is 0 Å². The third kappa shape index (κ3) is 2.94. The summed E-state index contributed by atoms with van der Waals surface area (Å²) in [5.74, 6) is 0. The van der Waals surface area contributed by atoms with E-state index >= 15 is 0 Å². The van der Waals surface area contributed by atoms with E-state index < -0.39 is 0 Å². The molecule has 0 saturated carbocycles. The topological polar surface area (TPSA) is 38.1 Å². The SMILES string of the molecule is CCCNC(c1ccoc1)c1cc(C)ccn1. The van der Waals surface area contributed by atoms with Crippen LogP contribution in [-0.2, 0) is 0 Å². The first kappa shape index (κ1) is 11.9. The van der Waals surface area contributed by atoms with E-state index in [4.69, 9.17) is 4.42 Å². The molecule has 90 valence electrons. The minimum absolute atomic E-state index is 0.119. The highest BCUT2D eigenvalue weighted by atomic mass is 16.3. The molecule has 0 aliphatic carbocycles. The smallest absolute Gasteiger partial charge is 0.0954 e. The maximum absolute atomic E-state index is 5.16. The van der Waals surface area contributed by atoms with Gasteiger partial charge < -0.3 is 9.73 Å². The van der Waals surface area contributed by atoms with Crippen LogP contribution in [0.5, 0.6) is 0 Å². The van der Waals surface area contributed by atoms with Crippen molar-refractivity contribution in [3.05, 3.63) is 53.7 Å². The molecular formula is C14H18N2O. The molecule has 0 spiro atoms. The molecule has 2 heterocycles. The average molecular weight is 230 g/mol. The predicted octanol–water partition coefficient (Wildman–Crippen LogP) is 3.07. The summed E-state index contributed by atoms with van der Waals surface area (Å²) in [6.45, 7) is 5.20. The summed E-state index contributed by atoms with van der Waals surface area (Å²) in [7, 11) is 0. The lowest BCUT2D eigenvalue weighted by Crippen LogP contribution is -2.23. The standard InChI is InChI=1S/C14H18N2O/c1-3-6-16-14(12-5-8-17-10-12)13-9-11(2)4-7-15-13/h4-5,7-10,14,16H,3,6H2,1-2H3. The fourth-order valence-corrected chi connectivity index (χ4v) is 1.84. The van der Waals surface area contributed by atoms with Gasteiger partial charge in [-0.15, -0.1) is 0 Å². The van der Waals surface area contributed by atoms with Crippen molar-refractivity contribution in [2.24, 2.45) is 0 Å². The number of hydrogen-bond donors (Lipinski definition) is 1. The van der Waals surface area contributed by atoms with Crippen LogP contribution in [0.3, 0.4) is 0 Å². The van der Waals surface area contributed by atoms with Gasteiger partial charge >= 0.3 is 0 Å². The molecule has 1 unspecified atom stereocenters. The second-order valence-corrected chi connectivity index (χ2v) is 4.20. The number of pyridine rings is 1. The number of hydrogen-bond acceptors (Lipinski definition) is 3. The summed E-state index contributed by atoms with van der Waals surface area (Å²) in [4.78, 5) is 4.44. The molecule has 0 bridgehead atoms. The highest BCUT2D eigenvalue weighted by Gasteiger charge is 2.15. The van der Waals surface area contributed by atoms with Crippen LogP contribution in [0.2, 0.25) is 0 Å². The van der Waals surface area contributed by atoms with Gasteiger partial charge in [-0.05, 0) is 43.7 Å². The van der Waals surface area contributed by atoms with Crippen molar-refractivity contribution in [2.75, 3.05) is 6.54 Å². The van der Waals surface area contributed by atoms with Crippen molar-refractivity contribution in [1.82, 2.24) is 10.3 Å². The van der Waals surface area contributed by atoms with Crippen LogP contribution >= 0.6 is 0 Å². The molecule has 0 fully saturated rings. The zero-order valence-electron chi connectivity index (χ0n) is 10.3. The lowest BCUT2D eigenvalue weighted by Gasteiger charge is -2.16. The quantitative estimate of drug-likeness (QED) is 0.857. The number of nitrogens with one attached hydrogen (secondary N) is 1. The molecule has 0 saturated heterocycles. The zero-order chi connectivity index (χ0) is 12.1. The summed E-state index contributed by atoms with van der Waals surface area (Å²) in [6, 6.07) is 6.22. The maximum atomic E-state index is 5.16. The first-order chi connectivity index (χ1) is 8.31. The fourth-order valence-electron chi connectivity index (χ4n) is 1.84. The highest BCUT2D eigenvalue weighted by molar-refractivity contribution is 5.26. The monoisotopic (exact) mass is 230 g/mol. The van der Waals surface area contributed by atoms with Crippen LogP contribution in [-0.4, -0.2) is 11.5 Å². The Balaban J connectivity index is 2.27. The Morgan fingerprint density at radius 3 is 2.94 bits per heavy atom. The fraction of sp³-hybridized carbons (Fsp3) is 0.357. The number of nitrogens with zero attached hydrogens (tertiary/aromatic N) is 1. The summed E-state index contributed by atoms with van der Waals surface area (Å²) in [5.41, 5.74) is 3.39. The normalized spacial score (nSPS) is 12.6. The molecule has 2 aromatic rings. The second kappa shape index (κ2) is 5.64. The molecule has 2 aromatic heterocycles. The Morgan fingerprint density at radius 1 is 1.41 bits per heavy atom. The van der Waals surface area contributed by atoms with Gasteiger partial charge in [0, 0.05) is 11.8 Å². The molecule has 17 heavy (non-hydrogen) atoms. The Morgan fingerprint density at radius 2 is 2.29 bits per heavy atom. The van der Waals surface area contributed by atoms with E-state index in [1.807, 2.05) is 18.3 Å².